The first-order chi connectivity index (χ1) is 9.96. The van der Waals surface area contributed by atoms with Gasteiger partial charge in [0.05, 0.1) is 0 Å². The summed E-state index contributed by atoms with van der Waals surface area (Å²) in [4.78, 5) is 27.7. The van der Waals surface area contributed by atoms with Gasteiger partial charge in [0, 0.05) is 19.3 Å². The Labute approximate surface area is 127 Å². The molecule has 2 rings (SSSR count). The Bertz CT molecular complexity index is 398. The SMILES string of the molecule is CCC1(CC)NC(=O)C(C(C)C)N(C2CCOCC2)C1=O. The number of amides is 2. The molecule has 0 aromatic carbocycles. The second-order valence-electron chi connectivity index (χ2n) is 6.52. The van der Waals surface area contributed by atoms with Gasteiger partial charge in [-0.1, -0.05) is 27.7 Å². The highest BCUT2D eigenvalue weighted by atomic mass is 16.5. The van der Waals surface area contributed by atoms with Crippen LogP contribution >= 0.6 is 0 Å². The third-order valence-electron chi connectivity index (χ3n) is 5.00. The van der Waals surface area contributed by atoms with Gasteiger partial charge in [-0.2, -0.15) is 0 Å². The van der Waals surface area contributed by atoms with Crippen LogP contribution in [0.2, 0.25) is 0 Å². The molecule has 0 saturated carbocycles. The molecule has 0 radical (unpaired) electrons. The molecule has 120 valence electrons. The Morgan fingerprint density at radius 2 is 1.81 bits per heavy atom. The maximum atomic E-state index is 13.1. The number of carbonyl (C=O) groups is 2. The lowest BCUT2D eigenvalue weighted by Crippen LogP contribution is -2.73. The summed E-state index contributed by atoms with van der Waals surface area (Å²) in [6.07, 6.45) is 2.93. The smallest absolute Gasteiger partial charge is 0.249 e. The van der Waals surface area contributed by atoms with Gasteiger partial charge in [-0.3, -0.25) is 9.59 Å². The highest BCUT2D eigenvalue weighted by molar-refractivity contribution is 6.00. The topological polar surface area (TPSA) is 58.6 Å². The van der Waals surface area contributed by atoms with Crippen molar-refractivity contribution in [2.45, 2.75) is 71.0 Å². The summed E-state index contributed by atoms with van der Waals surface area (Å²) in [6, 6.07) is -0.228. The van der Waals surface area contributed by atoms with E-state index in [4.69, 9.17) is 4.74 Å². The molecule has 0 aromatic heterocycles. The molecule has 0 aromatic rings. The summed E-state index contributed by atoms with van der Waals surface area (Å²) in [7, 11) is 0. The van der Waals surface area contributed by atoms with E-state index in [2.05, 4.69) is 5.32 Å². The third kappa shape index (κ3) is 2.80. The van der Waals surface area contributed by atoms with Crippen molar-refractivity contribution in [2.75, 3.05) is 13.2 Å². The summed E-state index contributed by atoms with van der Waals surface area (Å²) >= 11 is 0. The highest BCUT2D eigenvalue weighted by Crippen LogP contribution is 2.31. The van der Waals surface area contributed by atoms with E-state index in [-0.39, 0.29) is 29.8 Å². The van der Waals surface area contributed by atoms with Crippen molar-refractivity contribution in [1.29, 1.82) is 0 Å². The van der Waals surface area contributed by atoms with E-state index in [1.54, 1.807) is 0 Å². The molecule has 5 nitrogen and oxygen atoms in total. The average Bonchev–Trinajstić information content (AvgIpc) is 2.49. The fourth-order valence-corrected chi connectivity index (χ4v) is 3.57. The molecule has 21 heavy (non-hydrogen) atoms. The summed E-state index contributed by atoms with van der Waals surface area (Å²) < 4.78 is 5.41. The molecular formula is C16H28N2O3. The summed E-state index contributed by atoms with van der Waals surface area (Å²) in [6.45, 7) is 9.31. The molecule has 0 bridgehead atoms. The number of rotatable bonds is 4. The van der Waals surface area contributed by atoms with Gasteiger partial charge < -0.3 is 15.0 Å². The molecule has 2 aliphatic rings. The van der Waals surface area contributed by atoms with Crippen molar-refractivity contribution in [2.24, 2.45) is 5.92 Å². The average molecular weight is 296 g/mol. The van der Waals surface area contributed by atoms with Crippen molar-refractivity contribution >= 4 is 11.8 Å². The number of nitrogens with zero attached hydrogens (tertiary/aromatic N) is 1. The fourth-order valence-electron chi connectivity index (χ4n) is 3.57. The van der Waals surface area contributed by atoms with Crippen LogP contribution in [0.4, 0.5) is 0 Å². The third-order valence-corrected chi connectivity index (χ3v) is 5.00. The van der Waals surface area contributed by atoms with E-state index in [0.717, 1.165) is 12.8 Å². The van der Waals surface area contributed by atoms with E-state index >= 15 is 0 Å². The standard InChI is InChI=1S/C16H28N2O3/c1-5-16(6-2)15(20)18(12-7-9-21-10-8-12)13(11(3)4)14(19)17-16/h11-13H,5-10H2,1-4H3,(H,17,19). The Morgan fingerprint density at radius 3 is 2.29 bits per heavy atom. The van der Waals surface area contributed by atoms with Gasteiger partial charge in [0.2, 0.25) is 11.8 Å². The van der Waals surface area contributed by atoms with E-state index in [1.807, 2.05) is 32.6 Å². The van der Waals surface area contributed by atoms with Crippen LogP contribution in [0.25, 0.3) is 0 Å². The zero-order valence-electron chi connectivity index (χ0n) is 13.6. The largest absolute Gasteiger partial charge is 0.381 e. The van der Waals surface area contributed by atoms with Crippen molar-refractivity contribution in [3.05, 3.63) is 0 Å². The quantitative estimate of drug-likeness (QED) is 0.859. The van der Waals surface area contributed by atoms with Crippen LogP contribution in [0.1, 0.15) is 53.4 Å². The van der Waals surface area contributed by atoms with Gasteiger partial charge in [0.1, 0.15) is 11.6 Å². The van der Waals surface area contributed by atoms with Crippen molar-refractivity contribution in [3.8, 4) is 0 Å². The Balaban J connectivity index is 2.36. The van der Waals surface area contributed by atoms with Crippen molar-refractivity contribution in [1.82, 2.24) is 10.2 Å². The Kier molecular flexibility index (Phi) is 4.91. The lowest BCUT2D eigenvalue weighted by Gasteiger charge is -2.50. The number of piperazine rings is 1. The van der Waals surface area contributed by atoms with Crippen LogP contribution in [0.5, 0.6) is 0 Å². The first-order valence-electron chi connectivity index (χ1n) is 8.19. The zero-order valence-corrected chi connectivity index (χ0v) is 13.6. The first-order valence-corrected chi connectivity index (χ1v) is 8.19. The number of carbonyl (C=O) groups excluding carboxylic acids is 2. The highest BCUT2D eigenvalue weighted by Gasteiger charge is 2.51. The molecular weight excluding hydrogens is 268 g/mol. The minimum Gasteiger partial charge on any atom is -0.381 e. The van der Waals surface area contributed by atoms with Gasteiger partial charge >= 0.3 is 0 Å². The second-order valence-corrected chi connectivity index (χ2v) is 6.52. The monoisotopic (exact) mass is 296 g/mol. The molecule has 2 aliphatic heterocycles. The maximum Gasteiger partial charge on any atom is 0.249 e. The molecule has 5 heteroatoms. The van der Waals surface area contributed by atoms with E-state index in [0.29, 0.717) is 26.1 Å². The Morgan fingerprint density at radius 1 is 1.24 bits per heavy atom. The van der Waals surface area contributed by atoms with Crippen molar-refractivity contribution < 1.29 is 14.3 Å². The van der Waals surface area contributed by atoms with E-state index in [1.165, 1.54) is 0 Å². The molecule has 2 heterocycles. The molecule has 0 aliphatic carbocycles. The molecule has 2 saturated heterocycles. The summed E-state index contributed by atoms with van der Waals surface area (Å²) in [5.74, 6) is 0.209. The van der Waals surface area contributed by atoms with Crippen LogP contribution in [0.15, 0.2) is 0 Å². The minimum absolute atomic E-state index is 0.000193. The number of ether oxygens (including phenoxy) is 1. The van der Waals surface area contributed by atoms with E-state index in [9.17, 15) is 9.59 Å². The number of hydrogen-bond donors (Lipinski definition) is 1. The zero-order chi connectivity index (χ0) is 15.6. The van der Waals surface area contributed by atoms with Gasteiger partial charge in [0.15, 0.2) is 0 Å². The molecule has 1 unspecified atom stereocenters. The number of hydrogen-bond acceptors (Lipinski definition) is 3. The Hall–Kier alpha value is -1.10. The molecule has 0 spiro atoms. The van der Waals surface area contributed by atoms with Gasteiger partial charge in [0.25, 0.3) is 0 Å². The van der Waals surface area contributed by atoms with Crippen LogP contribution < -0.4 is 5.32 Å². The summed E-state index contributed by atoms with van der Waals surface area (Å²) in [5, 5.41) is 3.02. The van der Waals surface area contributed by atoms with Crippen LogP contribution in [0.3, 0.4) is 0 Å². The molecule has 2 fully saturated rings. The van der Waals surface area contributed by atoms with Gasteiger partial charge in [-0.05, 0) is 31.6 Å². The lowest BCUT2D eigenvalue weighted by atomic mass is 9.83. The first kappa shape index (κ1) is 16.3. The van der Waals surface area contributed by atoms with Crippen LogP contribution in [0, 0.1) is 5.92 Å². The maximum absolute atomic E-state index is 13.1. The number of nitrogens with one attached hydrogen (secondary N) is 1. The predicted octanol–water partition coefficient (Wildman–Crippen LogP) is 1.71. The lowest BCUT2D eigenvalue weighted by molar-refractivity contribution is -0.162. The van der Waals surface area contributed by atoms with Gasteiger partial charge in [-0.25, -0.2) is 0 Å². The van der Waals surface area contributed by atoms with Crippen molar-refractivity contribution in [3.63, 3.8) is 0 Å². The predicted molar refractivity (Wildman–Crippen MR) is 80.8 cm³/mol. The molecule has 1 N–H and O–H groups in total. The van der Waals surface area contributed by atoms with Crippen LogP contribution in [-0.4, -0.2) is 47.6 Å². The molecule has 1 atom stereocenters. The molecule has 2 amide bonds. The van der Waals surface area contributed by atoms with Crippen LogP contribution in [-0.2, 0) is 14.3 Å². The minimum atomic E-state index is -0.721. The van der Waals surface area contributed by atoms with Gasteiger partial charge in [-0.15, -0.1) is 0 Å². The van der Waals surface area contributed by atoms with E-state index < -0.39 is 5.54 Å². The summed E-state index contributed by atoms with van der Waals surface area (Å²) in [5.41, 5.74) is -0.721. The normalized spacial score (nSPS) is 27.1. The second kappa shape index (κ2) is 6.34. The fraction of sp³-hybridized carbons (Fsp3) is 0.875.